The molecule has 0 spiro atoms. The number of imidazole rings is 1. The molecule has 1 saturated carbocycles. The van der Waals surface area contributed by atoms with Crippen LogP contribution in [-0.2, 0) is 23.0 Å². The minimum atomic E-state index is -5.64. The maximum Gasteiger partial charge on any atom is 1.00 e. The van der Waals surface area contributed by atoms with E-state index in [9.17, 15) is 26.4 Å². The molecule has 0 unspecified atom stereocenters. The van der Waals surface area contributed by atoms with Crippen LogP contribution in [0.3, 0.4) is 0 Å². The number of alkyl halides is 3. The summed E-state index contributed by atoms with van der Waals surface area (Å²) in [6.07, 6.45) is 2.55. The van der Waals surface area contributed by atoms with E-state index in [0.29, 0.717) is 34.1 Å². The Morgan fingerprint density at radius 2 is 1.95 bits per heavy atom. The summed E-state index contributed by atoms with van der Waals surface area (Å²) < 4.78 is 72.2. The van der Waals surface area contributed by atoms with E-state index >= 15 is 0 Å². The summed E-state index contributed by atoms with van der Waals surface area (Å²) in [6, 6.07) is 11.0. The van der Waals surface area contributed by atoms with Crippen molar-refractivity contribution in [3.8, 4) is 11.3 Å². The number of nitrogens with one attached hydrogen (secondary N) is 1. The fraction of sp³-hybridized carbons (Fsp3) is 0.280. The van der Waals surface area contributed by atoms with Gasteiger partial charge < -0.3 is 16.1 Å². The topological polar surface area (TPSA) is 120 Å². The van der Waals surface area contributed by atoms with Gasteiger partial charge in [-0.1, -0.05) is 25.1 Å². The number of sulfonamides is 1. The van der Waals surface area contributed by atoms with Gasteiger partial charge in [-0.15, -0.1) is 0 Å². The first-order chi connectivity index (χ1) is 17.9. The summed E-state index contributed by atoms with van der Waals surface area (Å²) in [5, 5.41) is 0.618. The van der Waals surface area contributed by atoms with E-state index in [4.69, 9.17) is 10.2 Å². The predicted molar refractivity (Wildman–Crippen MR) is 140 cm³/mol. The standard InChI is InChI=1S/C25H22BrF3N4O4S.K.H/c1-2-19-31-21(14-8-9-14)22(24(30)34)33(19)12-13-7-10-18-16(11-13)20(26)23(37-18)15-5-3-4-6-17(15)32-38(35,36)25(27,28)29;;/h3-7,10-11,14,32H,2,8-9,12H2,1H3,(H2,30,34);;/q;+1;-1. The Morgan fingerprint density at radius 3 is 2.56 bits per heavy atom. The molecule has 0 atom stereocenters. The zero-order valence-electron chi connectivity index (χ0n) is 22.0. The molecule has 5 rings (SSSR count). The number of carbonyl (C=O) groups is 1. The molecular formula is C25H23BrF3KN4O4S. The van der Waals surface area contributed by atoms with Crippen molar-refractivity contribution in [2.24, 2.45) is 5.73 Å². The SMILES string of the molecule is CCc1nc(C2CC2)c(C(N)=O)n1Cc1ccc2oc(-c3ccccc3NS(=O)(=O)C(F)(F)F)c(Br)c2c1.[H-].[K+]. The summed E-state index contributed by atoms with van der Waals surface area (Å²) in [7, 11) is -5.64. The molecule has 1 fully saturated rings. The molecule has 14 heteroatoms. The van der Waals surface area contributed by atoms with Gasteiger partial charge in [-0.3, -0.25) is 9.52 Å². The Morgan fingerprint density at radius 1 is 1.26 bits per heavy atom. The van der Waals surface area contributed by atoms with Crippen LogP contribution in [0.5, 0.6) is 0 Å². The molecular weight excluding hydrogens is 628 g/mol. The average Bonchev–Trinajstić information content (AvgIpc) is 3.56. The molecule has 202 valence electrons. The number of anilines is 1. The summed E-state index contributed by atoms with van der Waals surface area (Å²) in [5.74, 6) is 0.610. The summed E-state index contributed by atoms with van der Waals surface area (Å²) >= 11 is 3.47. The van der Waals surface area contributed by atoms with Crippen LogP contribution in [0.2, 0.25) is 0 Å². The number of nitrogens with two attached hydrogens (primary N) is 1. The molecule has 0 radical (unpaired) electrons. The summed E-state index contributed by atoms with van der Waals surface area (Å²) in [4.78, 5) is 17.0. The van der Waals surface area contributed by atoms with E-state index in [0.717, 1.165) is 29.9 Å². The number of carbonyl (C=O) groups excluding carboxylic acids is 1. The zero-order valence-corrected chi connectivity index (χ0v) is 26.5. The van der Waals surface area contributed by atoms with Crippen LogP contribution >= 0.6 is 15.9 Å². The molecule has 2 aromatic heterocycles. The number of rotatable bonds is 8. The van der Waals surface area contributed by atoms with Gasteiger partial charge in [0.2, 0.25) is 0 Å². The van der Waals surface area contributed by atoms with Gasteiger partial charge in [0.25, 0.3) is 5.91 Å². The van der Waals surface area contributed by atoms with Crippen LogP contribution < -0.4 is 61.8 Å². The number of amides is 1. The molecule has 0 bridgehead atoms. The van der Waals surface area contributed by atoms with Crippen molar-refractivity contribution in [3.05, 3.63) is 69.7 Å². The first-order valence-electron chi connectivity index (χ1n) is 11.7. The third kappa shape index (κ3) is 5.88. The number of aryl methyl sites for hydroxylation is 1. The Bertz CT molecular complexity index is 1690. The molecule has 8 nitrogen and oxygen atoms in total. The average molecular weight is 652 g/mol. The molecule has 2 heterocycles. The van der Waals surface area contributed by atoms with E-state index < -0.39 is 21.4 Å². The van der Waals surface area contributed by atoms with Crippen molar-refractivity contribution < 1.29 is 83.6 Å². The molecule has 4 aromatic rings. The number of furan rings is 1. The molecule has 0 aliphatic heterocycles. The predicted octanol–water partition coefficient (Wildman–Crippen LogP) is 3.02. The van der Waals surface area contributed by atoms with Crippen LogP contribution in [0.25, 0.3) is 22.3 Å². The van der Waals surface area contributed by atoms with E-state index in [-0.39, 0.29) is 75.7 Å². The molecule has 1 aliphatic rings. The van der Waals surface area contributed by atoms with Gasteiger partial charge in [0, 0.05) is 29.8 Å². The van der Waals surface area contributed by atoms with Crippen LogP contribution in [-0.4, -0.2) is 29.4 Å². The smallest absolute Gasteiger partial charge is 1.00 e. The largest absolute Gasteiger partial charge is 1.00 e. The molecule has 1 amide bonds. The number of primary amides is 1. The van der Waals surface area contributed by atoms with Gasteiger partial charge in [0.1, 0.15) is 17.1 Å². The number of fused-ring (bicyclic) bond motifs is 1. The van der Waals surface area contributed by atoms with Crippen molar-refractivity contribution in [2.75, 3.05) is 4.72 Å². The Hall–Kier alpha value is -1.68. The second kappa shape index (κ2) is 11.3. The number of hydrogen-bond donors (Lipinski definition) is 2. The van der Waals surface area contributed by atoms with E-state index in [2.05, 4.69) is 20.9 Å². The van der Waals surface area contributed by atoms with E-state index in [1.54, 1.807) is 22.9 Å². The van der Waals surface area contributed by atoms with Gasteiger partial charge in [0.05, 0.1) is 15.9 Å². The maximum absolute atomic E-state index is 13.0. The molecule has 3 N–H and O–H groups in total. The first kappa shape index (κ1) is 30.3. The number of benzene rings is 2. The van der Waals surface area contributed by atoms with Crippen LogP contribution in [0.15, 0.2) is 51.4 Å². The maximum atomic E-state index is 13.0. The van der Waals surface area contributed by atoms with Gasteiger partial charge in [-0.2, -0.15) is 21.6 Å². The van der Waals surface area contributed by atoms with Crippen molar-refractivity contribution in [2.45, 2.75) is 44.2 Å². The summed E-state index contributed by atoms with van der Waals surface area (Å²) in [6.45, 7) is 2.28. The Kier molecular flexibility index (Phi) is 8.77. The Balaban J connectivity index is 0.00000220. The van der Waals surface area contributed by atoms with Crippen LogP contribution in [0.4, 0.5) is 18.9 Å². The summed E-state index contributed by atoms with van der Waals surface area (Å²) in [5.41, 5.74) is 2.47. The fourth-order valence-electron chi connectivity index (χ4n) is 4.40. The number of nitrogens with zero attached hydrogens (tertiary/aromatic N) is 2. The van der Waals surface area contributed by atoms with Crippen LogP contribution in [0, 0.1) is 0 Å². The van der Waals surface area contributed by atoms with E-state index in [1.165, 1.54) is 18.2 Å². The first-order valence-corrected chi connectivity index (χ1v) is 14.0. The van der Waals surface area contributed by atoms with Gasteiger partial charge in [0.15, 0.2) is 5.76 Å². The minimum Gasteiger partial charge on any atom is -1.00 e. The molecule has 0 saturated heterocycles. The van der Waals surface area contributed by atoms with Gasteiger partial charge in [-0.05, 0) is 58.6 Å². The second-order valence-corrected chi connectivity index (χ2v) is 11.5. The van der Waals surface area contributed by atoms with Gasteiger partial charge >= 0.3 is 66.9 Å². The molecule has 1 aliphatic carbocycles. The number of hydrogen-bond acceptors (Lipinski definition) is 5. The normalized spacial score (nSPS) is 13.9. The van der Waals surface area contributed by atoms with Crippen molar-refractivity contribution in [1.82, 2.24) is 9.55 Å². The molecule has 39 heavy (non-hydrogen) atoms. The van der Waals surface area contributed by atoms with Gasteiger partial charge in [-0.25, -0.2) is 4.98 Å². The van der Waals surface area contributed by atoms with Crippen LogP contribution in [0.1, 0.15) is 54.7 Å². The third-order valence-electron chi connectivity index (χ3n) is 6.34. The molecule has 2 aromatic carbocycles. The number of halogens is 4. The second-order valence-electron chi connectivity index (χ2n) is 9.01. The Labute approximate surface area is 274 Å². The number of para-hydroxylation sites is 1. The zero-order chi connectivity index (χ0) is 27.4. The monoisotopic (exact) mass is 650 g/mol. The van der Waals surface area contributed by atoms with E-state index in [1.807, 2.05) is 17.6 Å². The van der Waals surface area contributed by atoms with Crippen molar-refractivity contribution in [3.63, 3.8) is 0 Å². The van der Waals surface area contributed by atoms with Crippen molar-refractivity contribution in [1.29, 1.82) is 0 Å². The minimum absolute atomic E-state index is 0. The van der Waals surface area contributed by atoms with Crippen molar-refractivity contribution >= 4 is 48.5 Å². The third-order valence-corrected chi connectivity index (χ3v) is 8.23. The number of aromatic nitrogens is 2. The fourth-order valence-corrected chi connectivity index (χ4v) is 5.59. The quantitative estimate of drug-likeness (QED) is 0.284.